The molecular formula is C64H111N7O17. The van der Waals surface area contributed by atoms with Gasteiger partial charge in [0.2, 0.25) is 17.4 Å². The lowest BCUT2D eigenvalue weighted by molar-refractivity contribution is -0.165. The average molecular weight is 1250 g/mol. The van der Waals surface area contributed by atoms with Crippen molar-refractivity contribution in [2.75, 3.05) is 59.1 Å². The van der Waals surface area contributed by atoms with Crippen molar-refractivity contribution >= 4 is 59.8 Å². The molecule has 3 saturated heterocycles. The van der Waals surface area contributed by atoms with Crippen LogP contribution in [0.4, 0.5) is 14.4 Å². The fourth-order valence-corrected chi connectivity index (χ4v) is 9.19. The van der Waals surface area contributed by atoms with E-state index in [0.717, 1.165) is 6.92 Å². The molecule has 0 aromatic rings. The van der Waals surface area contributed by atoms with Gasteiger partial charge in [-0.25, -0.2) is 21.0 Å². The summed E-state index contributed by atoms with van der Waals surface area (Å²) in [6.45, 7) is 60.4. The van der Waals surface area contributed by atoms with Crippen LogP contribution in [0, 0.1) is 33.6 Å². The third-order valence-electron chi connectivity index (χ3n) is 13.1. The summed E-state index contributed by atoms with van der Waals surface area (Å²) in [4.78, 5) is 131. The van der Waals surface area contributed by atoms with Crippen LogP contribution in [-0.2, 0) is 62.0 Å². The van der Waals surface area contributed by atoms with Gasteiger partial charge in [0.25, 0.3) is 5.97 Å². The van der Waals surface area contributed by atoms with E-state index in [2.05, 4.69) is 35.2 Å². The Morgan fingerprint density at radius 1 is 0.534 bits per heavy atom. The van der Waals surface area contributed by atoms with Crippen LogP contribution in [0.3, 0.4) is 0 Å². The number of carbonyl (C=O) groups excluding carboxylic acids is 9. The Morgan fingerprint density at radius 3 is 1.05 bits per heavy atom. The number of Topliss-reactive ketones (excluding diaryl/α,β-unsaturated/α-hetero) is 1. The number of amides is 5. The highest BCUT2D eigenvalue weighted by Gasteiger charge is 2.67. The number of allylic oxidation sites excluding steroid dienone is 3. The summed E-state index contributed by atoms with van der Waals surface area (Å²) < 4.78 is 31.9. The molecule has 0 aromatic carbocycles. The summed E-state index contributed by atoms with van der Waals surface area (Å²) in [6.07, 6.45) is 3.52. The number of nitrogens with one attached hydrogen (secondary N) is 2. The first-order valence-electron chi connectivity index (χ1n) is 29.2. The third kappa shape index (κ3) is 25.6. The van der Waals surface area contributed by atoms with E-state index in [9.17, 15) is 43.2 Å². The van der Waals surface area contributed by atoms with Crippen molar-refractivity contribution in [1.29, 1.82) is 0 Å². The minimum Gasteiger partial charge on any atom is -0.481 e. The topological polar surface area (TPSA) is 319 Å². The van der Waals surface area contributed by atoms with E-state index in [1.165, 1.54) is 20.8 Å². The fraction of sp³-hybridized carbons (Fsp3) is 0.734. The number of likely N-dealkylation sites (tertiary alicyclic amines) is 3. The lowest BCUT2D eigenvalue weighted by atomic mass is 9.64. The zero-order valence-corrected chi connectivity index (χ0v) is 57.8. The molecule has 5 amide bonds. The van der Waals surface area contributed by atoms with Crippen molar-refractivity contribution in [3.63, 3.8) is 0 Å². The molecular weight excluding hydrogens is 1140 g/mol. The second-order valence-corrected chi connectivity index (χ2v) is 28.2. The summed E-state index contributed by atoms with van der Waals surface area (Å²) in [5.41, 5.74) is -9.41. The molecule has 3 rings (SSSR count). The number of rotatable bonds is 14. The summed E-state index contributed by atoms with van der Waals surface area (Å²) in [5, 5.41) is 13.3. The quantitative estimate of drug-likeness (QED) is 0.0413. The standard InChI is InChI=1S/2C21H36N2O5.C15H23NO5.C5H9N.C2H4O2.H3N/c2*1-10-12-21(16(25)27-11-2)14-23(17(26)28-19(6,7)8)13-20(21,9)15(24)22-18(3,4)5;1-6-8-15(12(18)20-7-2)10-16(9-11(15)17)13(19)21-14(3,4)5;1-5(2,3)6-4;1-2(3)4;/h2*10H,1,11-14H2,2-9H3,(H,22,24);6H,1,7-10H2,2-5H3;1-3H3;1H3,(H,3,4);1H3. The van der Waals surface area contributed by atoms with Crippen molar-refractivity contribution in [2.45, 2.75) is 219 Å². The van der Waals surface area contributed by atoms with Crippen LogP contribution in [0.2, 0.25) is 0 Å². The number of ketones is 1. The highest BCUT2D eigenvalue weighted by molar-refractivity contribution is 6.08. The monoisotopic (exact) mass is 1250 g/mol. The van der Waals surface area contributed by atoms with Crippen LogP contribution in [0.1, 0.15) is 185 Å². The van der Waals surface area contributed by atoms with Gasteiger partial charge < -0.3 is 65.0 Å². The number of carboxylic acid groups (broad SMARTS) is 1. The largest absolute Gasteiger partial charge is 0.481 e. The van der Waals surface area contributed by atoms with Gasteiger partial charge in [-0.3, -0.25) is 38.5 Å². The number of carbonyl (C=O) groups is 10. The first-order chi connectivity index (χ1) is 39.2. The van der Waals surface area contributed by atoms with Crippen LogP contribution in [0.15, 0.2) is 38.0 Å². The second kappa shape index (κ2) is 33.5. The number of nitrogens with zero attached hydrogens (tertiary/aromatic N) is 4. The molecule has 3 aliphatic rings. The molecule has 0 aliphatic carbocycles. The number of ether oxygens (including phenoxy) is 6. The Bertz CT molecular complexity index is 2390. The number of hydrogen-bond donors (Lipinski definition) is 4. The molecule has 0 bridgehead atoms. The SMILES string of the molecule is C=CCC1(C(=O)OCC)CN(C(=O)OC(C)(C)C)CC1(C)C(=O)NC(C)(C)C.C=CCC1(C(=O)OCC)CN(C(=O)OC(C)(C)C)CC1(C)C(=O)NC(C)(C)C.C=CCC1(C(=O)OCC)CN(C(=O)OC(C)(C)C)CC1=O.CC(=O)O.N.[C-]#[N+]C(C)(C)C. The molecule has 6 N–H and O–H groups in total. The zero-order valence-electron chi connectivity index (χ0n) is 57.8. The number of carboxylic acids is 1. The molecule has 0 spiro atoms. The Morgan fingerprint density at radius 2 is 0.807 bits per heavy atom. The molecule has 0 radical (unpaired) electrons. The highest BCUT2D eigenvalue weighted by Crippen LogP contribution is 2.52. The first kappa shape index (κ1) is 85.2. The van der Waals surface area contributed by atoms with E-state index in [-0.39, 0.29) is 108 Å². The van der Waals surface area contributed by atoms with Crippen molar-refractivity contribution in [1.82, 2.24) is 31.5 Å². The summed E-state index contributed by atoms with van der Waals surface area (Å²) in [5.74, 6) is -3.41. The number of hydrogen-bond acceptors (Lipinski definition) is 17. The van der Waals surface area contributed by atoms with Gasteiger partial charge in [0.1, 0.15) is 33.0 Å². The average Bonchev–Trinajstić information content (AvgIpc) is 4.19. The molecule has 5 atom stereocenters. The fourth-order valence-electron chi connectivity index (χ4n) is 9.19. The third-order valence-corrected chi connectivity index (χ3v) is 13.1. The maximum absolute atomic E-state index is 13.3. The van der Waals surface area contributed by atoms with Gasteiger partial charge in [0.15, 0.2) is 5.78 Å². The van der Waals surface area contributed by atoms with Gasteiger partial charge in [-0.2, -0.15) is 0 Å². The molecule has 504 valence electrons. The normalized spacial score (nSPS) is 22.3. The number of esters is 3. The van der Waals surface area contributed by atoms with Crippen LogP contribution >= 0.6 is 0 Å². The predicted molar refractivity (Wildman–Crippen MR) is 337 cm³/mol. The van der Waals surface area contributed by atoms with E-state index >= 15 is 0 Å². The Kier molecular flexibility index (Phi) is 32.4. The van der Waals surface area contributed by atoms with Gasteiger partial charge >= 0.3 is 36.2 Å². The van der Waals surface area contributed by atoms with E-state index in [0.29, 0.717) is 0 Å². The summed E-state index contributed by atoms with van der Waals surface area (Å²) in [7, 11) is 0. The molecule has 3 aliphatic heterocycles. The molecule has 24 heteroatoms. The van der Waals surface area contributed by atoms with Gasteiger partial charge in [-0.1, -0.05) is 18.2 Å². The van der Waals surface area contributed by atoms with Crippen molar-refractivity contribution < 1.29 is 81.5 Å². The van der Waals surface area contributed by atoms with E-state index in [1.807, 2.05) is 62.3 Å². The molecule has 24 nitrogen and oxygen atoms in total. The van der Waals surface area contributed by atoms with E-state index < -0.39 is 97.1 Å². The van der Waals surface area contributed by atoms with Crippen LogP contribution in [0.25, 0.3) is 4.85 Å². The minimum absolute atomic E-state index is 0. The van der Waals surface area contributed by atoms with E-state index in [4.69, 9.17) is 44.9 Å². The molecule has 0 saturated carbocycles. The molecule has 3 heterocycles. The maximum atomic E-state index is 13.3. The summed E-state index contributed by atoms with van der Waals surface area (Å²) in [6, 6.07) is 0. The van der Waals surface area contributed by atoms with Crippen LogP contribution in [-0.4, -0.2) is 172 Å². The predicted octanol–water partition coefficient (Wildman–Crippen LogP) is 10.5. The van der Waals surface area contributed by atoms with Crippen molar-refractivity contribution in [3.8, 4) is 0 Å². The molecule has 3 fully saturated rings. The maximum Gasteiger partial charge on any atom is 0.410 e. The molecule has 5 unspecified atom stereocenters. The zero-order chi connectivity index (χ0) is 69.0. The van der Waals surface area contributed by atoms with Gasteiger partial charge in [-0.15, -0.1) is 19.7 Å². The smallest absolute Gasteiger partial charge is 0.410 e. The van der Waals surface area contributed by atoms with Crippen LogP contribution in [0.5, 0.6) is 0 Å². The molecule has 0 aromatic heterocycles. The Balaban J connectivity index is -0.00000114. The highest BCUT2D eigenvalue weighted by atomic mass is 16.6. The number of aliphatic carboxylic acids is 1. The lowest BCUT2D eigenvalue weighted by Crippen LogP contribution is -2.57. The summed E-state index contributed by atoms with van der Waals surface area (Å²) >= 11 is 0. The van der Waals surface area contributed by atoms with E-state index in [1.54, 1.807) is 109 Å². The lowest BCUT2D eigenvalue weighted by Gasteiger charge is -2.40. The Labute approximate surface area is 525 Å². The van der Waals surface area contributed by atoms with Gasteiger partial charge in [-0.05, 0) is 158 Å². The van der Waals surface area contributed by atoms with Crippen molar-refractivity contribution in [2.24, 2.45) is 27.1 Å². The van der Waals surface area contributed by atoms with Crippen LogP contribution < -0.4 is 16.8 Å². The Hall–Kier alpha value is -7.03. The second-order valence-electron chi connectivity index (χ2n) is 28.2. The minimum atomic E-state index is -1.35. The first-order valence-corrected chi connectivity index (χ1v) is 29.2. The van der Waals surface area contributed by atoms with Gasteiger partial charge in [0.05, 0.1) is 37.2 Å². The molecule has 88 heavy (non-hydrogen) atoms. The van der Waals surface area contributed by atoms with Gasteiger partial charge in [0, 0.05) is 71.5 Å². The van der Waals surface area contributed by atoms with Crippen molar-refractivity contribution in [3.05, 3.63) is 49.4 Å².